The van der Waals surface area contributed by atoms with Crippen LogP contribution < -0.4 is 5.32 Å². The highest BCUT2D eigenvalue weighted by Crippen LogP contribution is 2.23. The van der Waals surface area contributed by atoms with E-state index in [0.29, 0.717) is 12.1 Å². The van der Waals surface area contributed by atoms with Crippen LogP contribution in [0.25, 0.3) is 0 Å². The molecule has 124 valence electrons. The molecule has 1 aromatic rings. The number of hydrogen-bond donors (Lipinski definition) is 1. The zero-order valence-corrected chi connectivity index (χ0v) is 13.0. The normalized spacial score (nSPS) is 21.0. The number of alkyl halides is 3. The number of aryl methyl sites for hydroxylation is 1. The zero-order chi connectivity index (χ0) is 16.7. The molecule has 22 heavy (non-hydrogen) atoms. The SMILES string of the molecule is Cc1cc(C(=O)NC2CCS(=O)(=O)C2)c(C)n1CC(F)(F)F. The highest BCUT2D eigenvalue weighted by Gasteiger charge is 2.32. The lowest BCUT2D eigenvalue weighted by Gasteiger charge is -2.13. The fraction of sp³-hybridized carbons (Fsp3) is 0.615. The van der Waals surface area contributed by atoms with E-state index in [4.69, 9.17) is 0 Å². The molecule has 1 saturated heterocycles. The number of rotatable bonds is 3. The molecule has 1 aliphatic rings. The van der Waals surface area contributed by atoms with Crippen molar-refractivity contribution in [3.8, 4) is 0 Å². The van der Waals surface area contributed by atoms with Crippen molar-refractivity contribution in [1.82, 2.24) is 9.88 Å². The van der Waals surface area contributed by atoms with Gasteiger partial charge in [0.1, 0.15) is 6.54 Å². The molecule has 1 N–H and O–H groups in total. The minimum absolute atomic E-state index is 0.0189. The lowest BCUT2D eigenvalue weighted by Crippen LogP contribution is -2.35. The maximum Gasteiger partial charge on any atom is 0.406 e. The Morgan fingerprint density at radius 2 is 2.05 bits per heavy atom. The van der Waals surface area contributed by atoms with Crippen LogP contribution in [0.3, 0.4) is 0 Å². The number of sulfone groups is 1. The molecule has 5 nitrogen and oxygen atoms in total. The number of carbonyl (C=O) groups excluding carboxylic acids is 1. The number of halogens is 3. The molecule has 0 spiro atoms. The van der Waals surface area contributed by atoms with Crippen molar-refractivity contribution >= 4 is 15.7 Å². The van der Waals surface area contributed by atoms with Crippen molar-refractivity contribution in [2.75, 3.05) is 11.5 Å². The van der Waals surface area contributed by atoms with E-state index in [2.05, 4.69) is 5.32 Å². The molecule has 1 aliphatic heterocycles. The summed E-state index contributed by atoms with van der Waals surface area (Å²) in [5, 5.41) is 2.58. The molecule has 1 atom stereocenters. The van der Waals surface area contributed by atoms with Crippen LogP contribution in [0.1, 0.15) is 28.2 Å². The summed E-state index contributed by atoms with van der Waals surface area (Å²) < 4.78 is 61.4. The van der Waals surface area contributed by atoms with Gasteiger partial charge in [-0.3, -0.25) is 4.79 Å². The van der Waals surface area contributed by atoms with Crippen LogP contribution in [-0.4, -0.2) is 42.6 Å². The van der Waals surface area contributed by atoms with Gasteiger partial charge in [-0.2, -0.15) is 13.2 Å². The molecule has 0 saturated carbocycles. The Balaban J connectivity index is 2.16. The first-order chi connectivity index (χ1) is 9.98. The van der Waals surface area contributed by atoms with E-state index in [0.717, 1.165) is 4.57 Å². The minimum Gasteiger partial charge on any atom is -0.348 e. The zero-order valence-electron chi connectivity index (χ0n) is 12.2. The summed E-state index contributed by atoms with van der Waals surface area (Å²) in [6.07, 6.45) is -4.04. The first-order valence-electron chi connectivity index (χ1n) is 6.73. The predicted molar refractivity (Wildman–Crippen MR) is 74.5 cm³/mol. The lowest BCUT2D eigenvalue weighted by atomic mass is 10.2. The van der Waals surface area contributed by atoms with Gasteiger partial charge in [0.25, 0.3) is 5.91 Å². The van der Waals surface area contributed by atoms with Gasteiger partial charge in [0, 0.05) is 17.4 Å². The summed E-state index contributed by atoms with van der Waals surface area (Å²) in [4.78, 5) is 12.2. The summed E-state index contributed by atoms with van der Waals surface area (Å²) >= 11 is 0. The number of hydrogen-bond acceptors (Lipinski definition) is 3. The third kappa shape index (κ3) is 3.82. The molecule has 0 aliphatic carbocycles. The Bertz CT molecular complexity index is 692. The standard InChI is InChI=1S/C13H17F3N2O3S/c1-8-5-11(9(2)18(8)7-13(14,15)16)12(19)17-10-3-4-22(20,21)6-10/h5,10H,3-4,6-7H2,1-2H3,(H,17,19). The van der Waals surface area contributed by atoms with Crippen molar-refractivity contribution in [1.29, 1.82) is 0 Å². The molecule has 0 radical (unpaired) electrons. The summed E-state index contributed by atoms with van der Waals surface area (Å²) in [6.45, 7) is 1.78. The number of aromatic nitrogens is 1. The first kappa shape index (κ1) is 16.9. The second kappa shape index (κ2) is 5.60. The van der Waals surface area contributed by atoms with Gasteiger partial charge >= 0.3 is 6.18 Å². The maximum atomic E-state index is 12.5. The van der Waals surface area contributed by atoms with Crippen LogP contribution in [0.15, 0.2) is 6.07 Å². The van der Waals surface area contributed by atoms with E-state index in [1.807, 2.05) is 0 Å². The molecular weight excluding hydrogens is 321 g/mol. The van der Waals surface area contributed by atoms with E-state index in [9.17, 15) is 26.4 Å². The lowest BCUT2D eigenvalue weighted by molar-refractivity contribution is -0.141. The summed E-state index contributed by atoms with van der Waals surface area (Å²) in [5.41, 5.74) is 0.693. The Morgan fingerprint density at radius 3 is 2.55 bits per heavy atom. The van der Waals surface area contributed by atoms with E-state index in [1.54, 1.807) is 0 Å². The van der Waals surface area contributed by atoms with Crippen molar-refractivity contribution in [3.05, 3.63) is 23.0 Å². The number of nitrogens with zero attached hydrogens (tertiary/aromatic N) is 1. The average molecular weight is 338 g/mol. The number of nitrogens with one attached hydrogen (secondary N) is 1. The van der Waals surface area contributed by atoms with Crippen LogP contribution in [0.4, 0.5) is 13.2 Å². The number of amides is 1. The molecular formula is C13H17F3N2O3S. The fourth-order valence-electron chi connectivity index (χ4n) is 2.63. The Hall–Kier alpha value is -1.51. The molecule has 2 heterocycles. The Kier molecular flexibility index (Phi) is 4.29. The third-order valence-electron chi connectivity index (χ3n) is 3.72. The van der Waals surface area contributed by atoms with Crippen LogP contribution in [0.5, 0.6) is 0 Å². The third-order valence-corrected chi connectivity index (χ3v) is 5.49. The van der Waals surface area contributed by atoms with Gasteiger partial charge in [-0.15, -0.1) is 0 Å². The molecule has 1 amide bonds. The van der Waals surface area contributed by atoms with Gasteiger partial charge in [-0.05, 0) is 26.3 Å². The summed E-state index contributed by atoms with van der Waals surface area (Å²) in [7, 11) is -3.13. The predicted octanol–water partition coefficient (Wildman–Crippen LogP) is 1.58. The maximum absolute atomic E-state index is 12.5. The van der Waals surface area contributed by atoms with E-state index in [-0.39, 0.29) is 22.8 Å². The fourth-order valence-corrected chi connectivity index (χ4v) is 4.30. The topological polar surface area (TPSA) is 68.2 Å². The van der Waals surface area contributed by atoms with E-state index < -0.39 is 34.5 Å². The van der Waals surface area contributed by atoms with Crippen LogP contribution in [0.2, 0.25) is 0 Å². The Morgan fingerprint density at radius 1 is 1.41 bits per heavy atom. The van der Waals surface area contributed by atoms with Crippen LogP contribution in [-0.2, 0) is 16.4 Å². The van der Waals surface area contributed by atoms with Gasteiger partial charge in [0.05, 0.1) is 17.1 Å². The van der Waals surface area contributed by atoms with Crippen LogP contribution >= 0.6 is 0 Å². The van der Waals surface area contributed by atoms with Crippen LogP contribution in [0, 0.1) is 13.8 Å². The quantitative estimate of drug-likeness (QED) is 0.910. The number of carbonyl (C=O) groups is 1. The second-order valence-corrected chi connectivity index (χ2v) is 7.79. The monoisotopic (exact) mass is 338 g/mol. The van der Waals surface area contributed by atoms with Gasteiger partial charge in [0.15, 0.2) is 9.84 Å². The summed E-state index contributed by atoms with van der Waals surface area (Å²) in [5.74, 6) is -0.644. The molecule has 1 fully saturated rings. The van der Waals surface area contributed by atoms with Gasteiger partial charge in [0.2, 0.25) is 0 Å². The average Bonchev–Trinajstić information content (AvgIpc) is 2.81. The van der Waals surface area contributed by atoms with Gasteiger partial charge in [-0.25, -0.2) is 8.42 Å². The largest absolute Gasteiger partial charge is 0.406 e. The van der Waals surface area contributed by atoms with Gasteiger partial charge in [-0.1, -0.05) is 0 Å². The van der Waals surface area contributed by atoms with E-state index in [1.165, 1.54) is 19.9 Å². The van der Waals surface area contributed by atoms with Gasteiger partial charge < -0.3 is 9.88 Å². The first-order valence-corrected chi connectivity index (χ1v) is 8.55. The highest BCUT2D eigenvalue weighted by atomic mass is 32.2. The minimum atomic E-state index is -4.37. The smallest absolute Gasteiger partial charge is 0.348 e. The second-order valence-electron chi connectivity index (χ2n) is 5.56. The molecule has 9 heteroatoms. The van der Waals surface area contributed by atoms with Crippen molar-refractivity contribution < 1.29 is 26.4 Å². The molecule has 0 aromatic carbocycles. The Labute approximate surface area is 126 Å². The molecule has 1 aromatic heterocycles. The summed E-state index contributed by atoms with van der Waals surface area (Å²) in [6, 6.07) is 0.906. The van der Waals surface area contributed by atoms with Crippen molar-refractivity contribution in [3.63, 3.8) is 0 Å². The molecule has 2 rings (SSSR count). The van der Waals surface area contributed by atoms with Crippen molar-refractivity contribution in [2.45, 2.75) is 39.0 Å². The van der Waals surface area contributed by atoms with E-state index >= 15 is 0 Å². The molecule has 1 unspecified atom stereocenters. The highest BCUT2D eigenvalue weighted by molar-refractivity contribution is 7.91. The molecule has 0 bridgehead atoms. The van der Waals surface area contributed by atoms with Crippen molar-refractivity contribution in [2.24, 2.45) is 0 Å².